The van der Waals surface area contributed by atoms with E-state index in [9.17, 15) is 9.59 Å². The van der Waals surface area contributed by atoms with E-state index in [1.807, 2.05) is 4.90 Å². The van der Waals surface area contributed by atoms with Gasteiger partial charge in [0.25, 0.3) is 0 Å². The van der Waals surface area contributed by atoms with Crippen molar-refractivity contribution >= 4 is 11.9 Å². The van der Waals surface area contributed by atoms with Crippen molar-refractivity contribution in [3.05, 3.63) is 0 Å². The molecular weight excluding hydrogens is 386 g/mol. The first-order chi connectivity index (χ1) is 15.2. The summed E-state index contributed by atoms with van der Waals surface area (Å²) in [6.45, 7) is 4.67. The molecule has 0 aromatic rings. The molecule has 0 N–H and O–H groups in total. The minimum absolute atomic E-state index is 0.0971. The van der Waals surface area contributed by atoms with Gasteiger partial charge in [-0.25, -0.2) is 0 Å². The second-order valence-electron chi connectivity index (χ2n) is 9.47. The van der Waals surface area contributed by atoms with Crippen molar-refractivity contribution in [2.24, 2.45) is 0 Å². The highest BCUT2D eigenvalue weighted by atomic mass is 16.5. The van der Waals surface area contributed by atoms with Crippen LogP contribution in [0, 0.1) is 0 Å². The number of carbonyl (C=O) groups excluding carboxylic acids is 2. The van der Waals surface area contributed by atoms with E-state index in [2.05, 4.69) is 6.92 Å². The summed E-state index contributed by atoms with van der Waals surface area (Å²) in [4.78, 5) is 25.9. The number of carbonyl (C=O) groups is 2. The lowest BCUT2D eigenvalue weighted by atomic mass is 10.0. The van der Waals surface area contributed by atoms with Gasteiger partial charge in [-0.15, -0.1) is 0 Å². The largest absolute Gasteiger partial charge is 0.466 e. The number of amides is 1. The van der Waals surface area contributed by atoms with E-state index in [0.717, 1.165) is 51.6 Å². The molecule has 0 aromatic heterocycles. The standard InChI is InChI=1S/C27H51NO3/c1-2-3-4-5-6-7-8-9-10-11-12-13-14-20-25-31-27(30)22-17-16-21-26(29)28-23-18-15-19-24-28/h2-25H2,1H3. The Balaban J connectivity index is 1.77. The van der Waals surface area contributed by atoms with E-state index < -0.39 is 0 Å². The van der Waals surface area contributed by atoms with E-state index in [1.54, 1.807) is 0 Å². The summed E-state index contributed by atoms with van der Waals surface area (Å²) in [7, 11) is 0. The summed E-state index contributed by atoms with van der Waals surface area (Å²) in [6.07, 6.45) is 24.8. The first-order valence-electron chi connectivity index (χ1n) is 13.7. The van der Waals surface area contributed by atoms with E-state index in [-0.39, 0.29) is 11.9 Å². The average Bonchev–Trinajstić information content (AvgIpc) is 2.79. The Bertz CT molecular complexity index is 432. The molecule has 0 unspecified atom stereocenters. The molecule has 0 radical (unpaired) electrons. The number of nitrogens with zero attached hydrogens (tertiary/aromatic N) is 1. The van der Waals surface area contributed by atoms with Gasteiger partial charge in [-0.3, -0.25) is 9.59 Å². The Morgan fingerprint density at radius 3 is 1.65 bits per heavy atom. The van der Waals surface area contributed by atoms with Crippen LogP contribution in [0.5, 0.6) is 0 Å². The van der Waals surface area contributed by atoms with Crippen molar-refractivity contribution in [1.29, 1.82) is 0 Å². The fraction of sp³-hybridized carbons (Fsp3) is 0.926. The Hall–Kier alpha value is -1.06. The first kappa shape index (κ1) is 28.0. The third kappa shape index (κ3) is 17.2. The van der Waals surface area contributed by atoms with Crippen LogP contribution in [-0.2, 0) is 14.3 Å². The zero-order chi connectivity index (χ0) is 22.4. The van der Waals surface area contributed by atoms with Gasteiger partial charge in [0.15, 0.2) is 0 Å². The molecule has 4 nitrogen and oxygen atoms in total. The first-order valence-corrected chi connectivity index (χ1v) is 13.7. The molecule has 0 atom stereocenters. The minimum Gasteiger partial charge on any atom is -0.466 e. The smallest absolute Gasteiger partial charge is 0.305 e. The Morgan fingerprint density at radius 1 is 0.613 bits per heavy atom. The van der Waals surface area contributed by atoms with Crippen molar-refractivity contribution in [2.45, 2.75) is 142 Å². The summed E-state index contributed by atoms with van der Waals surface area (Å²) in [5.41, 5.74) is 0. The van der Waals surface area contributed by atoms with Crippen LogP contribution < -0.4 is 0 Å². The third-order valence-corrected chi connectivity index (χ3v) is 6.49. The van der Waals surface area contributed by atoms with Crippen molar-refractivity contribution in [3.63, 3.8) is 0 Å². The highest BCUT2D eigenvalue weighted by molar-refractivity contribution is 5.76. The number of hydrogen-bond donors (Lipinski definition) is 0. The molecule has 1 aliphatic rings. The molecule has 31 heavy (non-hydrogen) atoms. The highest BCUT2D eigenvalue weighted by Crippen LogP contribution is 2.14. The molecule has 182 valence electrons. The normalized spacial score (nSPS) is 14.0. The molecule has 1 saturated heterocycles. The average molecular weight is 438 g/mol. The lowest BCUT2D eigenvalue weighted by molar-refractivity contribution is -0.144. The zero-order valence-electron chi connectivity index (χ0n) is 20.6. The van der Waals surface area contributed by atoms with Crippen LogP contribution in [0.1, 0.15) is 142 Å². The molecule has 0 aromatic carbocycles. The van der Waals surface area contributed by atoms with E-state index in [4.69, 9.17) is 4.74 Å². The molecule has 1 amide bonds. The van der Waals surface area contributed by atoms with E-state index in [0.29, 0.717) is 19.4 Å². The molecule has 1 heterocycles. The van der Waals surface area contributed by atoms with E-state index >= 15 is 0 Å². The summed E-state index contributed by atoms with van der Waals surface area (Å²) in [5, 5.41) is 0. The second-order valence-corrected chi connectivity index (χ2v) is 9.47. The Kier molecular flexibility index (Phi) is 18.8. The van der Waals surface area contributed by atoms with Gasteiger partial charge < -0.3 is 9.64 Å². The van der Waals surface area contributed by atoms with Crippen LogP contribution in [-0.4, -0.2) is 36.5 Å². The van der Waals surface area contributed by atoms with Crippen molar-refractivity contribution in [2.75, 3.05) is 19.7 Å². The fourth-order valence-electron chi connectivity index (χ4n) is 4.40. The van der Waals surface area contributed by atoms with Crippen LogP contribution in [0.4, 0.5) is 0 Å². The lowest BCUT2D eigenvalue weighted by Crippen LogP contribution is -2.35. The molecule has 0 spiro atoms. The maximum absolute atomic E-state index is 12.1. The molecule has 1 aliphatic heterocycles. The summed E-state index contributed by atoms with van der Waals surface area (Å²) >= 11 is 0. The topological polar surface area (TPSA) is 46.6 Å². The predicted molar refractivity (Wildman–Crippen MR) is 130 cm³/mol. The zero-order valence-corrected chi connectivity index (χ0v) is 20.6. The predicted octanol–water partition coefficient (Wildman–Crippen LogP) is 7.58. The minimum atomic E-state index is -0.0971. The molecule has 1 fully saturated rings. The number of unbranched alkanes of at least 4 members (excludes halogenated alkanes) is 14. The lowest BCUT2D eigenvalue weighted by Gasteiger charge is -2.26. The molecule has 0 saturated carbocycles. The maximum atomic E-state index is 12.1. The Morgan fingerprint density at radius 2 is 1.10 bits per heavy atom. The summed E-state index contributed by atoms with van der Waals surface area (Å²) in [5.74, 6) is 0.163. The summed E-state index contributed by atoms with van der Waals surface area (Å²) in [6, 6.07) is 0. The number of hydrogen-bond acceptors (Lipinski definition) is 3. The van der Waals surface area contributed by atoms with Gasteiger partial charge in [0.1, 0.15) is 0 Å². The van der Waals surface area contributed by atoms with Crippen LogP contribution in [0.3, 0.4) is 0 Å². The van der Waals surface area contributed by atoms with Gasteiger partial charge >= 0.3 is 5.97 Å². The van der Waals surface area contributed by atoms with Gasteiger partial charge in [0, 0.05) is 25.9 Å². The number of rotatable bonds is 20. The molecule has 0 bridgehead atoms. The number of esters is 1. The van der Waals surface area contributed by atoms with Gasteiger partial charge in [-0.2, -0.15) is 0 Å². The molecular formula is C27H51NO3. The number of ether oxygens (including phenoxy) is 1. The van der Waals surface area contributed by atoms with Crippen molar-refractivity contribution < 1.29 is 14.3 Å². The molecule has 4 heteroatoms. The van der Waals surface area contributed by atoms with Gasteiger partial charge in [-0.05, 0) is 38.5 Å². The highest BCUT2D eigenvalue weighted by Gasteiger charge is 2.15. The second kappa shape index (κ2) is 20.8. The number of likely N-dealkylation sites (tertiary alicyclic amines) is 1. The van der Waals surface area contributed by atoms with E-state index in [1.165, 1.54) is 83.5 Å². The Labute approximate surface area is 192 Å². The maximum Gasteiger partial charge on any atom is 0.305 e. The summed E-state index contributed by atoms with van der Waals surface area (Å²) < 4.78 is 5.34. The van der Waals surface area contributed by atoms with Crippen molar-refractivity contribution in [1.82, 2.24) is 4.90 Å². The molecule has 1 rings (SSSR count). The van der Waals surface area contributed by atoms with Crippen LogP contribution in [0.15, 0.2) is 0 Å². The third-order valence-electron chi connectivity index (χ3n) is 6.49. The number of piperidine rings is 1. The van der Waals surface area contributed by atoms with Crippen LogP contribution in [0.2, 0.25) is 0 Å². The van der Waals surface area contributed by atoms with Gasteiger partial charge in [-0.1, -0.05) is 90.4 Å². The van der Waals surface area contributed by atoms with Crippen molar-refractivity contribution in [3.8, 4) is 0 Å². The fourth-order valence-corrected chi connectivity index (χ4v) is 4.40. The van der Waals surface area contributed by atoms with Gasteiger partial charge in [0.2, 0.25) is 5.91 Å². The molecule has 0 aliphatic carbocycles. The van der Waals surface area contributed by atoms with Gasteiger partial charge in [0.05, 0.1) is 6.61 Å². The van der Waals surface area contributed by atoms with Crippen LogP contribution in [0.25, 0.3) is 0 Å². The quantitative estimate of drug-likeness (QED) is 0.146. The monoisotopic (exact) mass is 437 g/mol. The van der Waals surface area contributed by atoms with Crippen LogP contribution >= 0.6 is 0 Å². The SMILES string of the molecule is CCCCCCCCCCCCCCCCOC(=O)CCCCC(=O)N1CCCCC1.